The van der Waals surface area contributed by atoms with E-state index in [9.17, 15) is 9.59 Å². The molecule has 5 heteroatoms. The Morgan fingerprint density at radius 1 is 1.12 bits per heavy atom. The number of piperidine rings is 1. The Morgan fingerprint density at radius 3 is 2.62 bits per heavy atom. The summed E-state index contributed by atoms with van der Waals surface area (Å²) in [6, 6.07) is 3.89. The van der Waals surface area contributed by atoms with Gasteiger partial charge in [-0.05, 0) is 87.2 Å². The Morgan fingerprint density at radius 2 is 1.91 bits per heavy atom. The first-order valence-electron chi connectivity index (χ1n) is 12.4. The summed E-state index contributed by atoms with van der Waals surface area (Å²) in [6.45, 7) is 9.04. The highest BCUT2D eigenvalue weighted by Gasteiger charge is 2.61. The van der Waals surface area contributed by atoms with Crippen molar-refractivity contribution in [3.05, 3.63) is 35.2 Å². The minimum Gasteiger partial charge on any atom is -0.319 e. The van der Waals surface area contributed by atoms with Gasteiger partial charge in [0.1, 0.15) is 5.82 Å². The molecule has 0 aromatic carbocycles. The second kappa shape index (κ2) is 7.43. The smallest absolute Gasteiger partial charge is 0.229 e. The molecule has 3 fully saturated rings. The minimum atomic E-state index is 0.0421. The van der Waals surface area contributed by atoms with Crippen LogP contribution in [0.3, 0.4) is 0 Å². The third kappa shape index (κ3) is 3.07. The number of fused-ring (bicyclic) bond motifs is 5. The number of allylic oxidation sites excluding steroid dienone is 2. The maximum Gasteiger partial charge on any atom is 0.229 e. The fourth-order valence-corrected chi connectivity index (χ4v) is 8.29. The first kappa shape index (κ1) is 21.7. The van der Waals surface area contributed by atoms with Gasteiger partial charge in [-0.1, -0.05) is 25.5 Å². The molecule has 1 aliphatic heterocycles. The zero-order valence-electron chi connectivity index (χ0n) is 20.2. The maximum absolute atomic E-state index is 13.3. The van der Waals surface area contributed by atoms with E-state index in [1.54, 1.807) is 6.20 Å². The molecule has 172 valence electrons. The molecular formula is C27H37N3O2. The van der Waals surface area contributed by atoms with Crippen LogP contribution in [0.4, 0.5) is 5.82 Å². The van der Waals surface area contributed by atoms with Crippen molar-refractivity contribution in [3.63, 3.8) is 0 Å². The van der Waals surface area contributed by atoms with Crippen LogP contribution in [0.15, 0.2) is 29.6 Å². The Balaban J connectivity index is 1.41. The van der Waals surface area contributed by atoms with E-state index in [0.717, 1.165) is 44.1 Å². The van der Waals surface area contributed by atoms with Crippen LogP contribution in [0, 0.1) is 41.4 Å². The van der Waals surface area contributed by atoms with Crippen molar-refractivity contribution in [2.75, 3.05) is 12.4 Å². The highest BCUT2D eigenvalue weighted by Crippen LogP contribution is 2.66. The molecule has 0 bridgehead atoms. The molecule has 2 amide bonds. The lowest BCUT2D eigenvalue weighted by Gasteiger charge is -2.59. The lowest BCUT2D eigenvalue weighted by Crippen LogP contribution is -2.54. The summed E-state index contributed by atoms with van der Waals surface area (Å²) in [5.74, 6) is 2.89. The number of nitrogens with one attached hydrogen (secondary N) is 1. The van der Waals surface area contributed by atoms with Gasteiger partial charge in [0, 0.05) is 36.7 Å². The van der Waals surface area contributed by atoms with Crippen LogP contribution < -0.4 is 5.32 Å². The van der Waals surface area contributed by atoms with Crippen molar-refractivity contribution < 1.29 is 9.59 Å². The molecule has 1 N–H and O–H groups in total. The van der Waals surface area contributed by atoms with Crippen LogP contribution in [0.2, 0.25) is 0 Å². The zero-order valence-corrected chi connectivity index (χ0v) is 20.2. The predicted molar refractivity (Wildman–Crippen MR) is 126 cm³/mol. The fourth-order valence-electron chi connectivity index (χ4n) is 8.29. The molecule has 3 aliphatic carbocycles. The molecule has 0 radical (unpaired) electrons. The molecule has 2 unspecified atom stereocenters. The van der Waals surface area contributed by atoms with E-state index in [1.165, 1.54) is 11.3 Å². The van der Waals surface area contributed by atoms with Crippen molar-refractivity contribution in [3.8, 4) is 0 Å². The van der Waals surface area contributed by atoms with E-state index in [0.29, 0.717) is 30.0 Å². The maximum atomic E-state index is 13.3. The Hall–Kier alpha value is -2.17. The quantitative estimate of drug-likeness (QED) is 0.683. The zero-order chi connectivity index (χ0) is 22.8. The molecule has 2 heterocycles. The third-order valence-electron chi connectivity index (χ3n) is 9.79. The second-order valence-electron chi connectivity index (χ2n) is 11.5. The molecule has 1 aromatic heterocycles. The average Bonchev–Trinajstić information content (AvgIpc) is 3.10. The third-order valence-corrected chi connectivity index (χ3v) is 9.79. The molecule has 1 saturated heterocycles. The second-order valence-corrected chi connectivity index (χ2v) is 11.5. The van der Waals surface area contributed by atoms with Gasteiger partial charge in [-0.25, -0.2) is 4.98 Å². The number of anilines is 1. The van der Waals surface area contributed by atoms with Crippen LogP contribution in [-0.2, 0) is 9.59 Å². The standard InChI is InChI=1S/C27H37N3O2/c1-16-6-9-22(28-15-16)29-25(32)21-8-7-19-18-14-17(2)24-27(4,13-11-23(31)30(24)5)20(18)10-12-26(19,21)3/h6,9,15,18-21H,7-8,10-14H2,1-5H3,(H,28,29,32)/t18?,19-,20?,21+,26-,27+/m0/s1. The normalized spacial score (nSPS) is 38.8. The molecule has 4 aliphatic rings. The van der Waals surface area contributed by atoms with E-state index >= 15 is 0 Å². The number of aryl methyl sites for hydroxylation is 1. The number of likely N-dealkylation sites (tertiary alicyclic amines) is 1. The topological polar surface area (TPSA) is 62.3 Å². The Bertz CT molecular complexity index is 983. The number of hydrogen-bond acceptors (Lipinski definition) is 3. The van der Waals surface area contributed by atoms with Crippen LogP contribution in [-0.4, -0.2) is 28.7 Å². The van der Waals surface area contributed by atoms with Gasteiger partial charge in [-0.15, -0.1) is 0 Å². The van der Waals surface area contributed by atoms with Crippen LogP contribution in [0.25, 0.3) is 0 Å². The first-order valence-corrected chi connectivity index (χ1v) is 12.4. The predicted octanol–water partition coefficient (Wildman–Crippen LogP) is 5.32. The first-order chi connectivity index (χ1) is 15.1. The SMILES string of the molecule is CC1=C2N(C)C(=O)CC[C@]2(C)C2CC[C@]3(C)[C@@H](C(=O)Nc4ccc(C)cn4)CC[C@H]3C2C1. The number of carbonyl (C=O) groups is 2. The Labute approximate surface area is 192 Å². The van der Waals surface area contributed by atoms with Gasteiger partial charge in [0.25, 0.3) is 0 Å². The summed E-state index contributed by atoms with van der Waals surface area (Å²) in [7, 11) is 1.97. The van der Waals surface area contributed by atoms with E-state index in [-0.39, 0.29) is 28.6 Å². The van der Waals surface area contributed by atoms with Gasteiger partial charge >= 0.3 is 0 Å². The number of aromatic nitrogens is 1. The van der Waals surface area contributed by atoms with E-state index in [1.807, 2.05) is 31.0 Å². The number of carbonyl (C=O) groups excluding carboxylic acids is 2. The number of hydrogen-bond donors (Lipinski definition) is 1. The van der Waals surface area contributed by atoms with Gasteiger partial charge in [0.15, 0.2) is 0 Å². The summed E-state index contributed by atoms with van der Waals surface area (Å²) < 4.78 is 0. The number of pyridine rings is 1. The molecule has 1 aromatic rings. The van der Waals surface area contributed by atoms with Crippen molar-refractivity contribution in [1.29, 1.82) is 0 Å². The van der Waals surface area contributed by atoms with E-state index in [2.05, 4.69) is 31.1 Å². The summed E-state index contributed by atoms with van der Waals surface area (Å²) in [6.07, 6.45) is 8.84. The van der Waals surface area contributed by atoms with Gasteiger partial charge in [0.2, 0.25) is 11.8 Å². The highest BCUT2D eigenvalue weighted by atomic mass is 16.2. The highest BCUT2D eigenvalue weighted by molar-refractivity contribution is 5.92. The summed E-state index contributed by atoms with van der Waals surface area (Å²) in [4.78, 5) is 32.2. The largest absolute Gasteiger partial charge is 0.319 e. The summed E-state index contributed by atoms with van der Waals surface area (Å²) >= 11 is 0. The molecule has 5 rings (SSSR count). The molecule has 2 saturated carbocycles. The lowest BCUT2D eigenvalue weighted by molar-refractivity contribution is -0.137. The number of amides is 2. The summed E-state index contributed by atoms with van der Waals surface area (Å²) in [5, 5.41) is 3.11. The van der Waals surface area contributed by atoms with Crippen molar-refractivity contribution >= 4 is 17.6 Å². The molecule has 6 atom stereocenters. The van der Waals surface area contributed by atoms with Crippen LogP contribution in [0.5, 0.6) is 0 Å². The number of rotatable bonds is 2. The number of nitrogens with zero attached hydrogens (tertiary/aromatic N) is 2. The van der Waals surface area contributed by atoms with Crippen LogP contribution >= 0.6 is 0 Å². The molecular weight excluding hydrogens is 398 g/mol. The van der Waals surface area contributed by atoms with Gasteiger partial charge in [0.05, 0.1) is 0 Å². The van der Waals surface area contributed by atoms with Crippen molar-refractivity contribution in [2.24, 2.45) is 34.5 Å². The van der Waals surface area contributed by atoms with Crippen molar-refractivity contribution in [2.45, 2.75) is 72.6 Å². The van der Waals surface area contributed by atoms with Gasteiger partial charge in [-0.3, -0.25) is 9.59 Å². The average molecular weight is 436 g/mol. The van der Waals surface area contributed by atoms with Gasteiger partial charge < -0.3 is 10.2 Å². The van der Waals surface area contributed by atoms with E-state index in [4.69, 9.17) is 0 Å². The lowest BCUT2D eigenvalue weighted by atomic mass is 9.48. The summed E-state index contributed by atoms with van der Waals surface area (Å²) in [5.41, 5.74) is 3.92. The minimum absolute atomic E-state index is 0.0421. The van der Waals surface area contributed by atoms with Crippen LogP contribution in [0.1, 0.15) is 71.3 Å². The van der Waals surface area contributed by atoms with E-state index < -0.39 is 0 Å². The van der Waals surface area contributed by atoms with Gasteiger partial charge in [-0.2, -0.15) is 0 Å². The molecule has 32 heavy (non-hydrogen) atoms. The van der Waals surface area contributed by atoms with Crippen molar-refractivity contribution in [1.82, 2.24) is 9.88 Å². The Kier molecular flexibility index (Phi) is 5.03. The monoisotopic (exact) mass is 435 g/mol. The molecule has 0 spiro atoms. The molecule has 5 nitrogen and oxygen atoms in total. The fraction of sp³-hybridized carbons (Fsp3) is 0.667.